The number of hydrogen-bond donors (Lipinski definition) is 1. The molecule has 0 spiro atoms. The maximum Gasteiger partial charge on any atom is 0.307 e. The molecular weight excluding hydrogens is 444 g/mol. The van der Waals surface area contributed by atoms with Gasteiger partial charge in [-0.05, 0) is 60.5 Å². The Morgan fingerprint density at radius 2 is 1.91 bits per heavy atom. The van der Waals surface area contributed by atoms with E-state index in [2.05, 4.69) is 4.90 Å². The second kappa shape index (κ2) is 9.18. The first kappa shape index (κ1) is 22.5. The highest BCUT2D eigenvalue weighted by molar-refractivity contribution is 6.04. The Morgan fingerprint density at radius 1 is 1.09 bits per heavy atom. The fourth-order valence-corrected chi connectivity index (χ4v) is 4.59. The van der Waals surface area contributed by atoms with Gasteiger partial charge in [0.1, 0.15) is 24.2 Å². The molecule has 0 saturated carbocycles. The first-order valence-corrected chi connectivity index (χ1v) is 11.5. The average molecular weight is 471 g/mol. The number of anilines is 1. The van der Waals surface area contributed by atoms with Crippen LogP contribution >= 0.6 is 0 Å². The number of nitrogens with zero attached hydrogens (tertiary/aromatic N) is 2. The summed E-state index contributed by atoms with van der Waals surface area (Å²) in [6.07, 6.45) is 1.49. The lowest BCUT2D eigenvalue weighted by molar-refractivity contribution is -0.136. The van der Waals surface area contributed by atoms with E-state index in [1.165, 1.54) is 0 Å². The van der Waals surface area contributed by atoms with Crippen LogP contribution in [0, 0.1) is 6.92 Å². The Labute approximate surface area is 203 Å². The van der Waals surface area contributed by atoms with E-state index in [4.69, 9.17) is 9.47 Å². The van der Waals surface area contributed by atoms with Crippen LogP contribution in [0.1, 0.15) is 21.5 Å². The van der Waals surface area contributed by atoms with Gasteiger partial charge in [0.2, 0.25) is 0 Å². The van der Waals surface area contributed by atoms with Crippen LogP contribution in [0.2, 0.25) is 0 Å². The van der Waals surface area contributed by atoms with Gasteiger partial charge in [0.05, 0.1) is 24.2 Å². The maximum absolute atomic E-state index is 13.3. The zero-order valence-corrected chi connectivity index (χ0v) is 19.6. The number of ether oxygens (including phenoxy) is 2. The van der Waals surface area contributed by atoms with Crippen LogP contribution in [0.3, 0.4) is 0 Å². The minimum absolute atomic E-state index is 0.0906. The zero-order chi connectivity index (χ0) is 24.5. The summed E-state index contributed by atoms with van der Waals surface area (Å²) in [6.45, 7) is 2.99. The number of carbonyl (C=O) groups is 2. The number of hydrogen-bond acceptors (Lipinski definition) is 5. The number of para-hydroxylation sites is 2. The van der Waals surface area contributed by atoms with Crippen molar-refractivity contribution in [2.24, 2.45) is 0 Å². The molecule has 0 unspecified atom stereocenters. The van der Waals surface area contributed by atoms with Crippen molar-refractivity contribution in [3.05, 3.63) is 89.6 Å². The second-order valence-electron chi connectivity index (χ2n) is 8.79. The first-order valence-electron chi connectivity index (χ1n) is 11.5. The zero-order valence-electron chi connectivity index (χ0n) is 19.6. The van der Waals surface area contributed by atoms with Crippen molar-refractivity contribution in [1.29, 1.82) is 0 Å². The summed E-state index contributed by atoms with van der Waals surface area (Å²) in [4.78, 5) is 26.7. The molecule has 35 heavy (non-hydrogen) atoms. The third-order valence-corrected chi connectivity index (χ3v) is 6.30. The van der Waals surface area contributed by atoms with Crippen molar-refractivity contribution in [3.63, 3.8) is 0 Å². The van der Waals surface area contributed by atoms with Crippen LogP contribution in [-0.2, 0) is 11.2 Å². The minimum atomic E-state index is -0.905. The number of benzene rings is 3. The molecule has 1 aromatic heterocycles. The van der Waals surface area contributed by atoms with Gasteiger partial charge in [0, 0.05) is 24.2 Å². The largest absolute Gasteiger partial charge is 0.490 e. The monoisotopic (exact) mass is 470 g/mol. The average Bonchev–Trinajstić information content (AvgIpc) is 3.27. The SMILES string of the molecule is Cc1cc(OC[C@@H]2CN(C)c3ccccc3O2)ccc1C(=O)n1ccc2c(CC(=O)O)cccc21. The Morgan fingerprint density at radius 3 is 2.71 bits per heavy atom. The number of aryl methyl sites for hydroxylation is 1. The van der Waals surface area contributed by atoms with E-state index in [0.29, 0.717) is 29.0 Å². The van der Waals surface area contributed by atoms with Gasteiger partial charge >= 0.3 is 5.97 Å². The molecule has 1 N–H and O–H groups in total. The first-order chi connectivity index (χ1) is 16.9. The van der Waals surface area contributed by atoms with Crippen molar-refractivity contribution < 1.29 is 24.2 Å². The maximum atomic E-state index is 13.3. The molecule has 0 aliphatic carbocycles. The highest BCUT2D eigenvalue weighted by Crippen LogP contribution is 2.32. The summed E-state index contributed by atoms with van der Waals surface area (Å²) in [6, 6.07) is 20.5. The van der Waals surface area contributed by atoms with E-state index in [0.717, 1.165) is 28.9 Å². The second-order valence-corrected chi connectivity index (χ2v) is 8.79. The van der Waals surface area contributed by atoms with E-state index in [9.17, 15) is 14.7 Å². The normalized spacial score (nSPS) is 14.9. The minimum Gasteiger partial charge on any atom is -0.490 e. The fraction of sp³-hybridized carbons (Fsp3) is 0.214. The van der Waals surface area contributed by atoms with E-state index in [1.807, 2.05) is 50.4 Å². The van der Waals surface area contributed by atoms with Gasteiger partial charge < -0.3 is 19.5 Å². The number of carboxylic acid groups (broad SMARTS) is 1. The summed E-state index contributed by atoms with van der Waals surface area (Å²) in [5.41, 5.74) is 3.78. The summed E-state index contributed by atoms with van der Waals surface area (Å²) in [5.74, 6) is 0.436. The van der Waals surface area contributed by atoms with Crippen LogP contribution in [0.15, 0.2) is 72.9 Å². The number of fused-ring (bicyclic) bond motifs is 2. The number of carboxylic acids is 1. The van der Waals surface area contributed by atoms with Crippen molar-refractivity contribution in [1.82, 2.24) is 4.57 Å². The lowest BCUT2D eigenvalue weighted by Crippen LogP contribution is -2.41. The van der Waals surface area contributed by atoms with Gasteiger partial charge in [-0.1, -0.05) is 24.3 Å². The number of likely N-dealkylation sites (N-methyl/N-ethyl adjacent to an activating group) is 1. The summed E-state index contributed by atoms with van der Waals surface area (Å²) in [7, 11) is 2.04. The predicted molar refractivity (Wildman–Crippen MR) is 134 cm³/mol. The molecule has 0 radical (unpaired) electrons. The van der Waals surface area contributed by atoms with Gasteiger partial charge in [-0.15, -0.1) is 0 Å². The van der Waals surface area contributed by atoms with Crippen LogP contribution in [-0.4, -0.2) is 47.9 Å². The lowest BCUT2D eigenvalue weighted by atomic mass is 10.1. The standard InChI is InChI=1S/C28H26N2O5/c1-18-14-20(34-17-21-16-29(2)25-7-3-4-9-26(25)35-21)10-11-22(18)28(33)30-13-12-23-19(15-27(31)32)6-5-8-24(23)30/h3-14,21H,15-17H2,1-2H3,(H,31,32)/t21-/m0/s1. The molecule has 0 saturated heterocycles. The lowest BCUT2D eigenvalue weighted by Gasteiger charge is -2.33. The van der Waals surface area contributed by atoms with Crippen molar-refractivity contribution in [2.45, 2.75) is 19.4 Å². The molecule has 7 heteroatoms. The molecule has 0 fully saturated rings. The van der Waals surface area contributed by atoms with Crippen molar-refractivity contribution in [2.75, 3.05) is 25.1 Å². The quantitative estimate of drug-likeness (QED) is 0.446. The van der Waals surface area contributed by atoms with Crippen LogP contribution < -0.4 is 14.4 Å². The highest BCUT2D eigenvalue weighted by Gasteiger charge is 2.24. The predicted octanol–water partition coefficient (Wildman–Crippen LogP) is 4.54. The number of rotatable bonds is 6. The molecule has 5 rings (SSSR count). The number of aliphatic carboxylic acids is 1. The molecule has 2 heterocycles. The molecule has 178 valence electrons. The van der Waals surface area contributed by atoms with Crippen LogP contribution in [0.5, 0.6) is 11.5 Å². The van der Waals surface area contributed by atoms with E-state index < -0.39 is 5.97 Å². The third kappa shape index (κ3) is 4.45. The molecule has 1 aliphatic rings. The summed E-state index contributed by atoms with van der Waals surface area (Å²) in [5, 5.41) is 9.93. The summed E-state index contributed by atoms with van der Waals surface area (Å²) < 4.78 is 13.7. The Kier molecular flexibility index (Phi) is 5.91. The molecule has 0 bridgehead atoms. The molecular formula is C28H26N2O5. The van der Waals surface area contributed by atoms with Crippen molar-refractivity contribution >= 4 is 28.5 Å². The Balaban J connectivity index is 1.31. The molecule has 0 amide bonds. The number of aromatic nitrogens is 1. The smallest absolute Gasteiger partial charge is 0.307 e. The van der Waals surface area contributed by atoms with E-state index in [1.54, 1.807) is 41.1 Å². The van der Waals surface area contributed by atoms with E-state index >= 15 is 0 Å². The van der Waals surface area contributed by atoms with Gasteiger partial charge in [-0.3, -0.25) is 14.2 Å². The van der Waals surface area contributed by atoms with E-state index in [-0.39, 0.29) is 18.4 Å². The molecule has 7 nitrogen and oxygen atoms in total. The van der Waals surface area contributed by atoms with Crippen molar-refractivity contribution in [3.8, 4) is 11.5 Å². The van der Waals surface area contributed by atoms with Gasteiger partial charge in [-0.25, -0.2) is 0 Å². The molecule has 4 aromatic rings. The Hall–Kier alpha value is -4.26. The van der Waals surface area contributed by atoms with Gasteiger partial charge in [-0.2, -0.15) is 0 Å². The topological polar surface area (TPSA) is 81.0 Å². The molecule has 1 aliphatic heterocycles. The number of carbonyl (C=O) groups excluding carboxylic acids is 1. The molecule has 3 aromatic carbocycles. The summed E-state index contributed by atoms with van der Waals surface area (Å²) >= 11 is 0. The van der Waals surface area contributed by atoms with Crippen LogP contribution in [0.4, 0.5) is 5.69 Å². The van der Waals surface area contributed by atoms with Crippen LogP contribution in [0.25, 0.3) is 10.9 Å². The molecule has 1 atom stereocenters. The highest BCUT2D eigenvalue weighted by atomic mass is 16.5. The van der Waals surface area contributed by atoms with Gasteiger partial charge in [0.15, 0.2) is 0 Å². The fourth-order valence-electron chi connectivity index (χ4n) is 4.59. The Bertz CT molecular complexity index is 1420. The van der Waals surface area contributed by atoms with Gasteiger partial charge in [0.25, 0.3) is 5.91 Å². The third-order valence-electron chi connectivity index (χ3n) is 6.30.